The third-order valence-electron chi connectivity index (χ3n) is 6.38. The van der Waals surface area contributed by atoms with Crippen LogP contribution in [0.15, 0.2) is 30.3 Å². The molecule has 158 valence electrons. The van der Waals surface area contributed by atoms with Gasteiger partial charge in [-0.1, -0.05) is 30.3 Å². The van der Waals surface area contributed by atoms with Crippen molar-refractivity contribution in [2.45, 2.75) is 37.8 Å². The van der Waals surface area contributed by atoms with Crippen LogP contribution in [0, 0.1) is 0 Å². The van der Waals surface area contributed by atoms with Crippen molar-refractivity contribution in [3.05, 3.63) is 53.0 Å². The summed E-state index contributed by atoms with van der Waals surface area (Å²) in [6, 6.07) is 9.85. The summed E-state index contributed by atoms with van der Waals surface area (Å²) in [4.78, 5) is 26.1. The fraction of sp³-hybridized carbons (Fsp3) is 0.522. The number of carbonyl (C=O) groups is 1. The van der Waals surface area contributed by atoms with Crippen molar-refractivity contribution >= 4 is 11.6 Å². The fourth-order valence-electron chi connectivity index (χ4n) is 4.77. The fourth-order valence-corrected chi connectivity index (χ4v) is 4.77. The third kappa shape index (κ3) is 3.85. The maximum Gasteiger partial charge on any atom is 0.198 e. The molecule has 0 bridgehead atoms. The zero-order valence-electron chi connectivity index (χ0n) is 17.4. The van der Waals surface area contributed by atoms with Gasteiger partial charge in [-0.05, 0) is 38.8 Å². The molecule has 0 amide bonds. The van der Waals surface area contributed by atoms with E-state index in [4.69, 9.17) is 9.97 Å². The molecule has 3 aliphatic heterocycles. The van der Waals surface area contributed by atoms with E-state index in [1.807, 2.05) is 30.3 Å². The van der Waals surface area contributed by atoms with Crippen LogP contribution in [0.2, 0.25) is 0 Å². The average Bonchev–Trinajstić information content (AvgIpc) is 3.54. The minimum atomic E-state index is 0.0266. The van der Waals surface area contributed by atoms with Gasteiger partial charge in [0.15, 0.2) is 5.78 Å². The highest BCUT2D eigenvalue weighted by Crippen LogP contribution is 2.34. The standard InChI is InChI=1S/C23H30N6O/c30-21(16-6-2-1-3-7-16)19-20(17-8-4-10-25-17)27-22(18-9-5-11-26-18)28-23(19)29-14-12-24-13-15-29/h1-3,6-7,17-18,24-26H,4-5,8-15H2. The second kappa shape index (κ2) is 8.79. The Kier molecular flexibility index (Phi) is 5.75. The van der Waals surface area contributed by atoms with Gasteiger partial charge in [-0.3, -0.25) is 4.79 Å². The number of hydrogen-bond donors (Lipinski definition) is 3. The molecule has 1 aromatic carbocycles. The van der Waals surface area contributed by atoms with Gasteiger partial charge in [0.05, 0.1) is 23.3 Å². The maximum atomic E-state index is 13.8. The molecule has 7 nitrogen and oxygen atoms in total. The van der Waals surface area contributed by atoms with E-state index in [0.29, 0.717) is 11.1 Å². The van der Waals surface area contributed by atoms with E-state index >= 15 is 0 Å². The van der Waals surface area contributed by atoms with Crippen LogP contribution in [0.25, 0.3) is 0 Å². The van der Waals surface area contributed by atoms with Gasteiger partial charge in [0.25, 0.3) is 0 Å². The number of anilines is 1. The summed E-state index contributed by atoms with van der Waals surface area (Å²) in [5, 5.41) is 10.5. The molecule has 0 spiro atoms. The molecular formula is C23H30N6O. The first-order valence-corrected chi connectivity index (χ1v) is 11.3. The third-order valence-corrected chi connectivity index (χ3v) is 6.38. The molecule has 0 saturated carbocycles. The van der Waals surface area contributed by atoms with E-state index in [1.54, 1.807) is 0 Å². The monoisotopic (exact) mass is 406 g/mol. The van der Waals surface area contributed by atoms with E-state index in [0.717, 1.165) is 82.3 Å². The zero-order valence-corrected chi connectivity index (χ0v) is 17.4. The Morgan fingerprint density at radius 1 is 0.900 bits per heavy atom. The zero-order chi connectivity index (χ0) is 20.3. The highest BCUT2D eigenvalue weighted by atomic mass is 16.1. The quantitative estimate of drug-likeness (QED) is 0.655. The second-order valence-electron chi connectivity index (χ2n) is 8.40. The lowest BCUT2D eigenvalue weighted by atomic mass is 9.97. The molecule has 0 radical (unpaired) electrons. The van der Waals surface area contributed by atoms with Crippen LogP contribution in [0.4, 0.5) is 5.82 Å². The molecule has 2 atom stereocenters. The second-order valence-corrected chi connectivity index (χ2v) is 8.40. The van der Waals surface area contributed by atoms with Crippen LogP contribution in [0.1, 0.15) is 65.2 Å². The van der Waals surface area contributed by atoms with Gasteiger partial charge in [-0.2, -0.15) is 0 Å². The van der Waals surface area contributed by atoms with Crippen molar-refractivity contribution in [2.24, 2.45) is 0 Å². The molecule has 3 aliphatic rings. The van der Waals surface area contributed by atoms with E-state index in [-0.39, 0.29) is 17.9 Å². The molecule has 1 aromatic heterocycles. The minimum Gasteiger partial charge on any atom is -0.353 e. The summed E-state index contributed by atoms with van der Waals surface area (Å²) in [7, 11) is 0. The van der Waals surface area contributed by atoms with Crippen LogP contribution in [-0.4, -0.2) is 55.0 Å². The molecular weight excluding hydrogens is 376 g/mol. The number of ketones is 1. The number of rotatable bonds is 5. The number of carbonyl (C=O) groups excluding carboxylic acids is 1. The summed E-state index contributed by atoms with van der Waals surface area (Å²) in [5.41, 5.74) is 2.27. The normalized spacial score (nSPS) is 24.3. The summed E-state index contributed by atoms with van der Waals surface area (Å²) >= 11 is 0. The largest absolute Gasteiger partial charge is 0.353 e. The Labute approximate surface area is 177 Å². The molecule has 3 N–H and O–H groups in total. The summed E-state index contributed by atoms with van der Waals surface area (Å²) in [6.07, 6.45) is 4.29. The van der Waals surface area contributed by atoms with Gasteiger partial charge in [0.2, 0.25) is 0 Å². The predicted octanol–water partition coefficient (Wildman–Crippen LogP) is 1.97. The van der Waals surface area contributed by atoms with E-state index in [1.165, 1.54) is 0 Å². The minimum absolute atomic E-state index is 0.0266. The summed E-state index contributed by atoms with van der Waals surface area (Å²) in [5.74, 6) is 1.68. The number of benzene rings is 1. The van der Waals surface area contributed by atoms with Crippen molar-refractivity contribution < 1.29 is 4.79 Å². The van der Waals surface area contributed by atoms with Gasteiger partial charge in [-0.25, -0.2) is 9.97 Å². The topological polar surface area (TPSA) is 82.2 Å². The number of nitrogens with one attached hydrogen (secondary N) is 3. The Morgan fingerprint density at radius 2 is 1.60 bits per heavy atom. The van der Waals surface area contributed by atoms with Crippen LogP contribution >= 0.6 is 0 Å². The Bertz CT molecular complexity index is 884. The molecule has 30 heavy (non-hydrogen) atoms. The van der Waals surface area contributed by atoms with Crippen LogP contribution in [-0.2, 0) is 0 Å². The SMILES string of the molecule is O=C(c1ccccc1)c1c(C2CCCN2)nc(C2CCCN2)nc1N1CCNCC1. The summed E-state index contributed by atoms with van der Waals surface area (Å²) in [6.45, 7) is 5.46. The lowest BCUT2D eigenvalue weighted by Gasteiger charge is -2.31. The van der Waals surface area contributed by atoms with Gasteiger partial charge in [0, 0.05) is 31.7 Å². The first kappa shape index (κ1) is 19.6. The van der Waals surface area contributed by atoms with E-state index in [2.05, 4.69) is 20.9 Å². The number of nitrogens with zero attached hydrogens (tertiary/aromatic N) is 3. The van der Waals surface area contributed by atoms with Crippen molar-refractivity contribution in [3.8, 4) is 0 Å². The van der Waals surface area contributed by atoms with Gasteiger partial charge in [0.1, 0.15) is 11.6 Å². The molecule has 3 saturated heterocycles. The summed E-state index contributed by atoms with van der Waals surface area (Å²) < 4.78 is 0. The van der Waals surface area contributed by atoms with Crippen molar-refractivity contribution in [1.82, 2.24) is 25.9 Å². The number of piperazine rings is 1. The van der Waals surface area contributed by atoms with Crippen LogP contribution in [0.5, 0.6) is 0 Å². The first-order valence-electron chi connectivity index (χ1n) is 11.3. The Balaban J connectivity index is 1.67. The maximum absolute atomic E-state index is 13.8. The van der Waals surface area contributed by atoms with Crippen molar-refractivity contribution in [3.63, 3.8) is 0 Å². The number of aromatic nitrogens is 2. The van der Waals surface area contributed by atoms with Crippen LogP contribution < -0.4 is 20.9 Å². The molecule has 7 heteroatoms. The molecule has 3 fully saturated rings. The van der Waals surface area contributed by atoms with Gasteiger partial charge >= 0.3 is 0 Å². The highest BCUT2D eigenvalue weighted by Gasteiger charge is 2.33. The molecule has 2 unspecified atom stereocenters. The Hall–Kier alpha value is -2.35. The predicted molar refractivity (Wildman–Crippen MR) is 117 cm³/mol. The smallest absolute Gasteiger partial charge is 0.198 e. The molecule has 5 rings (SSSR count). The van der Waals surface area contributed by atoms with Gasteiger partial charge in [-0.15, -0.1) is 0 Å². The van der Waals surface area contributed by atoms with Crippen LogP contribution in [0.3, 0.4) is 0 Å². The molecule has 0 aliphatic carbocycles. The lowest BCUT2D eigenvalue weighted by Crippen LogP contribution is -2.45. The number of hydrogen-bond acceptors (Lipinski definition) is 7. The van der Waals surface area contributed by atoms with E-state index < -0.39 is 0 Å². The first-order chi connectivity index (χ1) is 14.8. The van der Waals surface area contributed by atoms with Crippen molar-refractivity contribution in [2.75, 3.05) is 44.2 Å². The Morgan fingerprint density at radius 3 is 2.27 bits per heavy atom. The van der Waals surface area contributed by atoms with E-state index in [9.17, 15) is 4.79 Å². The van der Waals surface area contributed by atoms with Crippen molar-refractivity contribution in [1.29, 1.82) is 0 Å². The molecule has 4 heterocycles. The molecule has 2 aromatic rings. The lowest BCUT2D eigenvalue weighted by molar-refractivity contribution is 0.103. The van der Waals surface area contributed by atoms with Gasteiger partial charge < -0.3 is 20.9 Å². The average molecular weight is 407 g/mol. The highest BCUT2D eigenvalue weighted by molar-refractivity contribution is 6.12.